The van der Waals surface area contributed by atoms with E-state index in [2.05, 4.69) is 32.6 Å². The molecule has 0 radical (unpaired) electrons. The van der Waals surface area contributed by atoms with Crippen LogP contribution in [0.5, 0.6) is 5.75 Å². The third-order valence-electron chi connectivity index (χ3n) is 8.08. The van der Waals surface area contributed by atoms with E-state index in [1.165, 1.54) is 44.1 Å². The Morgan fingerprint density at radius 3 is 2.52 bits per heavy atom. The number of halogens is 1. The lowest BCUT2D eigenvalue weighted by Crippen LogP contribution is -2.48. The Morgan fingerprint density at radius 1 is 1.12 bits per heavy atom. The molecule has 8 heteroatoms. The highest BCUT2D eigenvalue weighted by Crippen LogP contribution is 2.60. The van der Waals surface area contributed by atoms with Crippen LogP contribution in [0.2, 0.25) is 0 Å². The fourth-order valence-corrected chi connectivity index (χ4v) is 7.02. The van der Waals surface area contributed by atoms with Gasteiger partial charge in [0.15, 0.2) is 11.6 Å². The lowest BCUT2D eigenvalue weighted by atomic mass is 9.48. The highest BCUT2D eigenvalue weighted by molar-refractivity contribution is 5.84. The number of rotatable bonds is 5. The molecule has 2 heterocycles. The molecule has 0 unspecified atom stereocenters. The van der Waals surface area contributed by atoms with Crippen LogP contribution in [0.15, 0.2) is 29.5 Å². The fourth-order valence-electron chi connectivity index (χ4n) is 7.02. The monoisotopic (exact) mass is 451 g/mol. The number of nitrogens with zero attached hydrogens (tertiary/aromatic N) is 4. The molecule has 0 spiro atoms. The Labute approximate surface area is 193 Å². The third-order valence-corrected chi connectivity index (χ3v) is 8.08. The average molecular weight is 452 g/mol. The van der Waals surface area contributed by atoms with Crippen molar-refractivity contribution < 1.29 is 14.2 Å². The van der Waals surface area contributed by atoms with E-state index in [-0.39, 0.29) is 22.9 Å². The number of hydrogen-bond donors (Lipinski definition) is 2. The van der Waals surface area contributed by atoms with E-state index >= 15 is 0 Å². The van der Waals surface area contributed by atoms with Crippen molar-refractivity contribution in [2.75, 3.05) is 36.6 Å². The number of aromatic hydroxyl groups is 1. The number of phenols is 1. The molecule has 4 bridgehead atoms. The van der Waals surface area contributed by atoms with Gasteiger partial charge in [-0.15, -0.1) is 0 Å². The molecule has 1 aromatic heterocycles. The van der Waals surface area contributed by atoms with E-state index in [4.69, 9.17) is 4.74 Å². The molecule has 0 atom stereocenters. The predicted molar refractivity (Wildman–Crippen MR) is 124 cm³/mol. The summed E-state index contributed by atoms with van der Waals surface area (Å²) in [5.74, 6) is 2.78. The first-order chi connectivity index (χ1) is 16.1. The molecule has 33 heavy (non-hydrogen) atoms. The van der Waals surface area contributed by atoms with Gasteiger partial charge in [0.2, 0.25) is 5.95 Å². The van der Waals surface area contributed by atoms with Crippen LogP contribution in [0.3, 0.4) is 0 Å². The van der Waals surface area contributed by atoms with E-state index < -0.39 is 5.82 Å². The summed E-state index contributed by atoms with van der Waals surface area (Å²) in [7, 11) is 0. The van der Waals surface area contributed by atoms with Crippen LogP contribution in [-0.4, -0.2) is 47.6 Å². The highest BCUT2D eigenvalue weighted by Gasteiger charge is 2.51. The van der Waals surface area contributed by atoms with E-state index in [0.29, 0.717) is 31.9 Å². The first-order valence-electron chi connectivity index (χ1n) is 12.1. The smallest absolute Gasteiger partial charge is 0.245 e. The summed E-state index contributed by atoms with van der Waals surface area (Å²) >= 11 is 0. The van der Waals surface area contributed by atoms with Crippen molar-refractivity contribution in [3.8, 4) is 5.75 Å². The predicted octanol–water partition coefficient (Wildman–Crippen LogP) is 4.07. The second-order valence-electron chi connectivity index (χ2n) is 10.3. The minimum Gasteiger partial charge on any atom is -0.507 e. The maximum Gasteiger partial charge on any atom is 0.245 e. The molecule has 1 saturated heterocycles. The second-order valence-corrected chi connectivity index (χ2v) is 10.3. The topological polar surface area (TPSA) is 82.9 Å². The van der Waals surface area contributed by atoms with Gasteiger partial charge in [0, 0.05) is 18.7 Å². The summed E-state index contributed by atoms with van der Waals surface area (Å²) in [4.78, 5) is 10.1. The van der Waals surface area contributed by atoms with Gasteiger partial charge in [0.25, 0.3) is 0 Å². The normalized spacial score (nSPS) is 30.8. The van der Waals surface area contributed by atoms with Crippen LogP contribution >= 0.6 is 0 Å². The number of nitrogens with one attached hydrogen (secondary N) is 1. The molecule has 4 aliphatic carbocycles. The van der Waals surface area contributed by atoms with Crippen LogP contribution in [-0.2, 0) is 10.2 Å². The molecular weight excluding hydrogens is 421 g/mol. The van der Waals surface area contributed by atoms with Gasteiger partial charge in [0.1, 0.15) is 5.75 Å². The Kier molecular flexibility index (Phi) is 5.20. The molecule has 5 fully saturated rings. The zero-order chi connectivity index (χ0) is 22.4. The van der Waals surface area contributed by atoms with Crippen LogP contribution < -0.4 is 10.3 Å². The number of morpholine rings is 1. The molecule has 5 aliphatic rings. The number of ether oxygens (including phenoxy) is 1. The molecule has 1 aliphatic heterocycles. The summed E-state index contributed by atoms with van der Waals surface area (Å²) in [6.45, 7) is 2.26. The van der Waals surface area contributed by atoms with Gasteiger partial charge in [-0.25, -0.2) is 14.8 Å². The summed E-state index contributed by atoms with van der Waals surface area (Å²) in [6.07, 6.45) is 10.8. The standard InChI is InChI=1S/C25H30FN5O2/c26-21-15-27-24(29-23(21)31-3-5-33-6-4-31)30-28-14-19-10-20(1-2-22(19)32)25-11-16-7-17(12-25)9-18(8-16)13-25/h1-2,10,14-18,32H,3-9,11-13H2,(H,27,29,30)/b28-14-/t16-,17+,18-,25?. The van der Waals surface area contributed by atoms with Gasteiger partial charge in [-0.3, -0.25) is 0 Å². The van der Waals surface area contributed by atoms with Crippen LogP contribution in [0.4, 0.5) is 16.2 Å². The van der Waals surface area contributed by atoms with E-state index in [1.54, 1.807) is 12.3 Å². The quantitative estimate of drug-likeness (QED) is 0.527. The highest BCUT2D eigenvalue weighted by atomic mass is 19.1. The van der Waals surface area contributed by atoms with E-state index in [9.17, 15) is 9.50 Å². The fraction of sp³-hybridized carbons (Fsp3) is 0.560. The minimum atomic E-state index is -0.465. The Balaban J connectivity index is 1.20. The molecule has 174 valence electrons. The van der Waals surface area contributed by atoms with Crippen molar-refractivity contribution in [2.24, 2.45) is 22.9 Å². The Morgan fingerprint density at radius 2 is 1.82 bits per heavy atom. The summed E-state index contributed by atoms with van der Waals surface area (Å²) in [5, 5.41) is 14.7. The Hall–Kier alpha value is -2.74. The maximum atomic E-state index is 14.2. The van der Waals surface area contributed by atoms with Crippen LogP contribution in [0.1, 0.15) is 49.7 Å². The van der Waals surface area contributed by atoms with Gasteiger partial charge < -0.3 is 14.7 Å². The molecule has 2 N–H and O–H groups in total. The number of anilines is 2. The summed E-state index contributed by atoms with van der Waals surface area (Å²) in [5.41, 5.74) is 5.05. The summed E-state index contributed by atoms with van der Waals surface area (Å²) in [6, 6.07) is 5.99. The van der Waals surface area contributed by atoms with E-state index in [0.717, 1.165) is 24.0 Å². The SMILES string of the molecule is Oc1ccc(C23C[C@H]4C[C@@H](C2)C[C@@H](C3)C4)cc1/C=N\Nc1ncc(F)c(N2CCOCC2)n1. The third kappa shape index (κ3) is 3.94. The van der Waals surface area contributed by atoms with Crippen molar-refractivity contribution in [1.29, 1.82) is 0 Å². The first-order valence-corrected chi connectivity index (χ1v) is 12.1. The molecule has 4 saturated carbocycles. The first kappa shape index (κ1) is 20.8. The molecule has 1 aromatic carbocycles. The van der Waals surface area contributed by atoms with Gasteiger partial charge in [-0.1, -0.05) is 6.07 Å². The van der Waals surface area contributed by atoms with Gasteiger partial charge in [-0.05, 0) is 79.4 Å². The van der Waals surface area contributed by atoms with Crippen LogP contribution in [0, 0.1) is 23.6 Å². The summed E-state index contributed by atoms with van der Waals surface area (Å²) < 4.78 is 19.6. The number of phenolic OH excluding ortho intramolecular Hbond substituents is 1. The van der Waals surface area contributed by atoms with Gasteiger partial charge >= 0.3 is 0 Å². The molecule has 2 aromatic rings. The number of aromatic nitrogens is 2. The number of benzene rings is 1. The van der Waals surface area contributed by atoms with Crippen molar-refractivity contribution in [2.45, 2.75) is 43.9 Å². The Bertz CT molecular complexity index is 1030. The van der Waals surface area contributed by atoms with Gasteiger partial charge in [0.05, 0.1) is 25.6 Å². The average Bonchev–Trinajstić information content (AvgIpc) is 2.81. The largest absolute Gasteiger partial charge is 0.507 e. The maximum absolute atomic E-state index is 14.2. The van der Waals surface area contributed by atoms with Crippen molar-refractivity contribution in [1.82, 2.24) is 9.97 Å². The van der Waals surface area contributed by atoms with Crippen molar-refractivity contribution in [3.05, 3.63) is 41.3 Å². The second kappa shape index (κ2) is 8.24. The lowest BCUT2D eigenvalue weighted by molar-refractivity contribution is -0.00520. The van der Waals surface area contributed by atoms with Gasteiger partial charge in [-0.2, -0.15) is 10.1 Å². The number of hydrazone groups is 1. The molecule has 0 amide bonds. The molecule has 7 nitrogen and oxygen atoms in total. The minimum absolute atomic E-state index is 0.197. The van der Waals surface area contributed by atoms with Crippen molar-refractivity contribution in [3.63, 3.8) is 0 Å². The zero-order valence-corrected chi connectivity index (χ0v) is 18.7. The molecule has 7 rings (SSSR count). The van der Waals surface area contributed by atoms with E-state index in [1.807, 2.05) is 4.90 Å². The lowest BCUT2D eigenvalue weighted by Gasteiger charge is -2.57. The van der Waals surface area contributed by atoms with Crippen LogP contribution in [0.25, 0.3) is 0 Å². The van der Waals surface area contributed by atoms with Crippen molar-refractivity contribution >= 4 is 18.0 Å². The number of hydrogen-bond acceptors (Lipinski definition) is 7. The molecular formula is C25H30FN5O2. The zero-order valence-electron chi connectivity index (χ0n) is 18.7.